The van der Waals surface area contributed by atoms with Crippen molar-refractivity contribution in [3.63, 3.8) is 0 Å². The van der Waals surface area contributed by atoms with Gasteiger partial charge in [-0.2, -0.15) is 4.80 Å². The highest BCUT2D eigenvalue weighted by atomic mass is 19.1. The van der Waals surface area contributed by atoms with E-state index in [0.717, 1.165) is 0 Å². The van der Waals surface area contributed by atoms with E-state index in [1.54, 1.807) is 24.0 Å². The zero-order chi connectivity index (χ0) is 18.0. The molecule has 1 N–H and O–H groups in total. The molecule has 0 unspecified atom stereocenters. The van der Waals surface area contributed by atoms with Crippen molar-refractivity contribution >= 4 is 5.91 Å². The number of β-amino-alcohol motifs (C(OH)–C–C–N with tert-alkyl or cyclic N) is 1. The molecule has 2 heterocycles. The number of carbonyl (C=O) groups is 1. The fourth-order valence-corrected chi connectivity index (χ4v) is 2.91. The zero-order valence-electron chi connectivity index (χ0n) is 14.4. The summed E-state index contributed by atoms with van der Waals surface area (Å²) in [4.78, 5) is 15.4. The smallest absolute Gasteiger partial charge is 0.222 e. The van der Waals surface area contributed by atoms with Crippen LogP contribution in [0.3, 0.4) is 0 Å². The molecule has 0 saturated carbocycles. The summed E-state index contributed by atoms with van der Waals surface area (Å²) in [6.45, 7) is 5.15. The molecule has 0 bridgehead atoms. The van der Waals surface area contributed by atoms with Gasteiger partial charge >= 0.3 is 0 Å². The van der Waals surface area contributed by atoms with Gasteiger partial charge in [0, 0.05) is 31.0 Å². The van der Waals surface area contributed by atoms with Gasteiger partial charge in [0.05, 0.1) is 12.1 Å². The van der Waals surface area contributed by atoms with Crippen molar-refractivity contribution in [2.75, 3.05) is 13.1 Å². The first kappa shape index (κ1) is 17.5. The van der Waals surface area contributed by atoms with Crippen LogP contribution in [-0.2, 0) is 11.3 Å². The van der Waals surface area contributed by atoms with Gasteiger partial charge in [0.2, 0.25) is 11.7 Å². The largest absolute Gasteiger partial charge is 0.388 e. The van der Waals surface area contributed by atoms with Crippen molar-refractivity contribution in [3.8, 4) is 11.4 Å². The van der Waals surface area contributed by atoms with Crippen LogP contribution >= 0.6 is 0 Å². The van der Waals surface area contributed by atoms with E-state index in [1.165, 1.54) is 16.9 Å². The highest BCUT2D eigenvalue weighted by molar-refractivity contribution is 5.76. The Bertz CT molecular complexity index is 744. The minimum Gasteiger partial charge on any atom is -0.388 e. The monoisotopic (exact) mass is 347 g/mol. The number of aromatic nitrogens is 4. The van der Waals surface area contributed by atoms with E-state index < -0.39 is 5.60 Å². The summed E-state index contributed by atoms with van der Waals surface area (Å²) in [5, 5.41) is 22.3. The molecular weight excluding hydrogens is 325 g/mol. The molecule has 1 aromatic carbocycles. The SMILES string of the molecule is C[C@@H]1CN(C(=O)CCCn2nnc(-c3ccc(F)cc3)n2)C[C@]1(C)O. The van der Waals surface area contributed by atoms with Crippen LogP contribution in [0.5, 0.6) is 0 Å². The van der Waals surface area contributed by atoms with Crippen molar-refractivity contribution in [2.24, 2.45) is 5.92 Å². The lowest BCUT2D eigenvalue weighted by molar-refractivity contribution is -0.131. The molecule has 3 rings (SSSR count). The minimum absolute atomic E-state index is 0.0310. The lowest BCUT2D eigenvalue weighted by Crippen LogP contribution is -2.35. The number of likely N-dealkylation sites (tertiary alicyclic amines) is 1. The van der Waals surface area contributed by atoms with Crippen LogP contribution in [0.1, 0.15) is 26.7 Å². The summed E-state index contributed by atoms with van der Waals surface area (Å²) in [5.41, 5.74) is -0.121. The topological polar surface area (TPSA) is 84.1 Å². The fraction of sp³-hybridized carbons (Fsp3) is 0.529. The number of tetrazole rings is 1. The Kier molecular flexibility index (Phi) is 4.80. The van der Waals surface area contributed by atoms with E-state index in [2.05, 4.69) is 15.4 Å². The number of hydrogen-bond donors (Lipinski definition) is 1. The Morgan fingerprint density at radius 3 is 2.76 bits per heavy atom. The molecule has 0 radical (unpaired) electrons. The quantitative estimate of drug-likeness (QED) is 0.886. The number of aryl methyl sites for hydroxylation is 1. The molecule has 0 aliphatic carbocycles. The zero-order valence-corrected chi connectivity index (χ0v) is 14.4. The van der Waals surface area contributed by atoms with Gasteiger partial charge < -0.3 is 10.0 Å². The standard InChI is InChI=1S/C17H22FN5O2/c1-12-10-22(11-17(12,2)25)15(24)4-3-9-23-20-16(19-21-23)13-5-7-14(18)8-6-13/h5-8,12,25H,3-4,9-11H2,1-2H3/t12-,17+/m1/s1. The molecule has 1 aliphatic heterocycles. The summed E-state index contributed by atoms with van der Waals surface area (Å²) >= 11 is 0. The average molecular weight is 347 g/mol. The second kappa shape index (κ2) is 6.87. The molecule has 0 spiro atoms. The lowest BCUT2D eigenvalue weighted by atomic mass is 9.95. The Labute approximate surface area is 145 Å². The van der Waals surface area contributed by atoms with Crippen LogP contribution in [0.2, 0.25) is 0 Å². The summed E-state index contributed by atoms with van der Waals surface area (Å²) in [5.74, 6) is 0.218. The number of carbonyl (C=O) groups excluding carboxylic acids is 1. The van der Waals surface area contributed by atoms with Gasteiger partial charge in [-0.15, -0.1) is 10.2 Å². The van der Waals surface area contributed by atoms with E-state index in [0.29, 0.717) is 43.9 Å². The van der Waals surface area contributed by atoms with Crippen LogP contribution in [0, 0.1) is 11.7 Å². The molecule has 134 valence electrons. The third-order valence-corrected chi connectivity index (χ3v) is 4.72. The van der Waals surface area contributed by atoms with E-state index in [9.17, 15) is 14.3 Å². The van der Waals surface area contributed by atoms with Gasteiger partial charge in [-0.3, -0.25) is 4.79 Å². The lowest BCUT2D eigenvalue weighted by Gasteiger charge is -2.20. The number of rotatable bonds is 5. The van der Waals surface area contributed by atoms with Crippen LogP contribution in [-0.4, -0.2) is 54.8 Å². The maximum Gasteiger partial charge on any atom is 0.222 e. The van der Waals surface area contributed by atoms with Crippen molar-refractivity contribution < 1.29 is 14.3 Å². The van der Waals surface area contributed by atoms with Gasteiger partial charge in [-0.1, -0.05) is 6.92 Å². The molecule has 1 fully saturated rings. The molecule has 7 nitrogen and oxygen atoms in total. The molecule has 25 heavy (non-hydrogen) atoms. The second-order valence-electron chi connectivity index (χ2n) is 6.85. The highest BCUT2D eigenvalue weighted by Crippen LogP contribution is 2.27. The van der Waals surface area contributed by atoms with E-state index in [-0.39, 0.29) is 17.6 Å². The number of aliphatic hydroxyl groups is 1. The first-order chi connectivity index (χ1) is 11.8. The van der Waals surface area contributed by atoms with E-state index >= 15 is 0 Å². The molecule has 1 aliphatic rings. The number of hydrogen-bond acceptors (Lipinski definition) is 5. The van der Waals surface area contributed by atoms with Gasteiger partial charge in [-0.05, 0) is 42.8 Å². The summed E-state index contributed by atoms with van der Waals surface area (Å²) in [6.07, 6.45) is 0.960. The predicted molar refractivity (Wildman–Crippen MR) is 88.8 cm³/mol. The van der Waals surface area contributed by atoms with Crippen molar-refractivity contribution in [1.82, 2.24) is 25.1 Å². The van der Waals surface area contributed by atoms with Gasteiger partial charge in [0.15, 0.2) is 0 Å². The average Bonchev–Trinajstić information content (AvgIpc) is 3.13. The van der Waals surface area contributed by atoms with Crippen molar-refractivity contribution in [2.45, 2.75) is 38.8 Å². The van der Waals surface area contributed by atoms with Crippen LogP contribution < -0.4 is 0 Å². The maximum absolute atomic E-state index is 12.9. The summed E-state index contributed by atoms with van der Waals surface area (Å²) in [7, 11) is 0. The van der Waals surface area contributed by atoms with Gasteiger partial charge in [0.1, 0.15) is 5.82 Å². The number of benzene rings is 1. The third-order valence-electron chi connectivity index (χ3n) is 4.72. The summed E-state index contributed by atoms with van der Waals surface area (Å²) < 4.78 is 12.9. The third kappa shape index (κ3) is 4.01. The van der Waals surface area contributed by atoms with Crippen LogP contribution in [0.4, 0.5) is 4.39 Å². The van der Waals surface area contributed by atoms with Crippen molar-refractivity contribution in [3.05, 3.63) is 30.1 Å². The van der Waals surface area contributed by atoms with E-state index in [4.69, 9.17) is 0 Å². The molecule has 1 saturated heterocycles. The fourth-order valence-electron chi connectivity index (χ4n) is 2.91. The Morgan fingerprint density at radius 2 is 2.12 bits per heavy atom. The maximum atomic E-state index is 12.9. The van der Waals surface area contributed by atoms with Crippen molar-refractivity contribution in [1.29, 1.82) is 0 Å². The van der Waals surface area contributed by atoms with E-state index in [1.807, 2.05) is 6.92 Å². The Balaban J connectivity index is 1.50. The van der Waals surface area contributed by atoms with Crippen LogP contribution in [0.25, 0.3) is 11.4 Å². The molecule has 8 heteroatoms. The first-order valence-electron chi connectivity index (χ1n) is 8.39. The molecule has 1 amide bonds. The molecule has 2 atom stereocenters. The highest BCUT2D eigenvalue weighted by Gasteiger charge is 2.40. The number of nitrogens with zero attached hydrogens (tertiary/aromatic N) is 5. The first-order valence-corrected chi connectivity index (χ1v) is 8.39. The Morgan fingerprint density at radius 1 is 1.40 bits per heavy atom. The van der Waals surface area contributed by atoms with Gasteiger partial charge in [-0.25, -0.2) is 4.39 Å². The summed E-state index contributed by atoms with van der Waals surface area (Å²) in [6, 6.07) is 5.89. The van der Waals surface area contributed by atoms with Crippen LogP contribution in [0.15, 0.2) is 24.3 Å². The minimum atomic E-state index is -0.812. The molecular formula is C17H22FN5O2. The number of halogens is 1. The number of amides is 1. The predicted octanol–water partition coefficient (Wildman–Crippen LogP) is 1.49. The molecule has 2 aromatic rings. The second-order valence-corrected chi connectivity index (χ2v) is 6.85. The Hall–Kier alpha value is -2.35. The van der Waals surface area contributed by atoms with Gasteiger partial charge in [0.25, 0.3) is 0 Å². The molecule has 1 aromatic heterocycles. The normalized spacial score (nSPS) is 23.2.